The van der Waals surface area contributed by atoms with Crippen LogP contribution in [-0.2, 0) is 6.54 Å². The lowest BCUT2D eigenvalue weighted by Crippen LogP contribution is -2.04. The molecule has 0 saturated carbocycles. The fraction of sp³-hybridized carbons (Fsp3) is 0.455. The zero-order chi connectivity index (χ0) is 11.7. The molecule has 0 aliphatic heterocycles. The van der Waals surface area contributed by atoms with Crippen LogP contribution in [0.4, 0.5) is 0 Å². The second-order valence-electron chi connectivity index (χ2n) is 3.08. The Bertz CT molecular complexity index is 249. The lowest BCUT2D eigenvalue weighted by molar-refractivity contribution is 0.399. The first-order valence-corrected chi connectivity index (χ1v) is 5.53. The van der Waals surface area contributed by atoms with Crippen LogP contribution in [0.2, 0.25) is 0 Å². The van der Waals surface area contributed by atoms with Gasteiger partial charge in [0.05, 0.1) is 0 Å². The maximum atomic E-state index is 7.00. The van der Waals surface area contributed by atoms with Gasteiger partial charge in [0.1, 0.15) is 0 Å². The smallest absolute Gasteiger partial charge is 0.0319 e. The van der Waals surface area contributed by atoms with Gasteiger partial charge in [0.25, 0.3) is 0 Å². The number of hydrogen-bond acceptors (Lipinski definition) is 4. The van der Waals surface area contributed by atoms with Gasteiger partial charge in [-0.05, 0) is 50.8 Å². The van der Waals surface area contributed by atoms with Crippen LogP contribution in [0, 0.1) is 0 Å². The van der Waals surface area contributed by atoms with E-state index in [1.165, 1.54) is 10.5 Å². The third-order valence-corrected chi connectivity index (χ3v) is 2.44. The summed E-state index contributed by atoms with van der Waals surface area (Å²) in [5.41, 5.74) is 1.32. The van der Waals surface area contributed by atoms with E-state index in [9.17, 15) is 0 Å². The van der Waals surface area contributed by atoms with Gasteiger partial charge >= 0.3 is 0 Å². The minimum atomic E-state index is 0.937. The highest BCUT2D eigenvalue weighted by Crippen LogP contribution is 2.19. The van der Waals surface area contributed by atoms with Gasteiger partial charge in [-0.3, -0.25) is 4.31 Å². The molecule has 0 spiro atoms. The van der Waals surface area contributed by atoms with Crippen molar-refractivity contribution in [1.29, 1.82) is 0 Å². The Labute approximate surface area is 96.6 Å². The van der Waals surface area contributed by atoms with E-state index in [4.69, 9.17) is 5.11 Å². The minimum absolute atomic E-state index is 0.937. The molecule has 0 radical (unpaired) electrons. The van der Waals surface area contributed by atoms with E-state index < -0.39 is 0 Å². The normalized spacial score (nSPS) is 9.73. The van der Waals surface area contributed by atoms with Gasteiger partial charge in [0.15, 0.2) is 0 Å². The average Bonchev–Trinajstić information content (AvgIpc) is 2.24. The number of aliphatic hydroxyl groups is 1. The Kier molecular flexibility index (Phi) is 8.41. The van der Waals surface area contributed by atoms with Gasteiger partial charge < -0.3 is 10.4 Å². The SMILES string of the molecule is CNCc1ccc(SN(C)C)cc1.CO. The molecule has 4 heteroatoms. The fourth-order valence-corrected chi connectivity index (χ4v) is 1.76. The second kappa shape index (κ2) is 8.73. The zero-order valence-electron chi connectivity index (χ0n) is 9.82. The molecule has 0 fully saturated rings. The predicted molar refractivity (Wildman–Crippen MR) is 66.9 cm³/mol. The molecule has 0 bridgehead atoms. The molecule has 0 heterocycles. The summed E-state index contributed by atoms with van der Waals surface area (Å²) < 4.78 is 2.09. The van der Waals surface area contributed by atoms with Crippen LogP contribution in [0.1, 0.15) is 5.56 Å². The molecule has 0 saturated heterocycles. The van der Waals surface area contributed by atoms with Crippen molar-refractivity contribution in [3.63, 3.8) is 0 Å². The van der Waals surface area contributed by atoms with E-state index in [0.717, 1.165) is 13.7 Å². The number of nitrogens with zero attached hydrogens (tertiary/aromatic N) is 1. The average molecular weight is 228 g/mol. The molecule has 2 N–H and O–H groups in total. The van der Waals surface area contributed by atoms with Crippen molar-refractivity contribution in [3.8, 4) is 0 Å². The highest BCUT2D eigenvalue weighted by atomic mass is 32.2. The molecule has 15 heavy (non-hydrogen) atoms. The van der Waals surface area contributed by atoms with Crippen molar-refractivity contribution in [2.45, 2.75) is 11.4 Å². The first kappa shape index (κ1) is 14.5. The van der Waals surface area contributed by atoms with E-state index in [1.807, 2.05) is 21.1 Å². The summed E-state index contributed by atoms with van der Waals surface area (Å²) in [5.74, 6) is 0. The second-order valence-corrected chi connectivity index (χ2v) is 4.46. The number of benzene rings is 1. The van der Waals surface area contributed by atoms with Gasteiger partial charge in [0, 0.05) is 18.6 Å². The van der Waals surface area contributed by atoms with Gasteiger partial charge in [0.2, 0.25) is 0 Å². The monoisotopic (exact) mass is 228 g/mol. The summed E-state index contributed by atoms with van der Waals surface area (Å²) in [6.45, 7) is 0.937. The van der Waals surface area contributed by atoms with Crippen molar-refractivity contribution in [2.24, 2.45) is 0 Å². The molecule has 0 unspecified atom stereocenters. The lowest BCUT2D eigenvalue weighted by atomic mass is 10.2. The van der Waals surface area contributed by atoms with E-state index in [-0.39, 0.29) is 0 Å². The Morgan fingerprint density at radius 2 is 1.73 bits per heavy atom. The lowest BCUT2D eigenvalue weighted by Gasteiger charge is -2.08. The summed E-state index contributed by atoms with van der Waals surface area (Å²) in [5, 5.41) is 10.1. The van der Waals surface area contributed by atoms with Crippen LogP contribution in [0.15, 0.2) is 29.2 Å². The number of rotatable bonds is 4. The molecule has 1 aromatic rings. The number of hydrogen-bond donors (Lipinski definition) is 2. The standard InChI is InChI=1S/C10H16N2S.CH4O/c1-11-8-9-4-6-10(7-5-9)13-12(2)3;1-2/h4-7,11H,8H2,1-3H3;2H,1H3. The molecule has 1 rings (SSSR count). The molecule has 0 atom stereocenters. The summed E-state index contributed by atoms with van der Waals surface area (Å²) in [6, 6.07) is 8.61. The van der Waals surface area contributed by atoms with Gasteiger partial charge in [-0.25, -0.2) is 0 Å². The first-order valence-electron chi connectivity index (χ1n) is 4.76. The molecule has 1 aromatic carbocycles. The van der Waals surface area contributed by atoms with Crippen molar-refractivity contribution in [1.82, 2.24) is 9.62 Å². The third-order valence-electron chi connectivity index (χ3n) is 1.59. The molecule has 86 valence electrons. The molecule has 0 amide bonds. The van der Waals surface area contributed by atoms with Crippen LogP contribution in [-0.4, -0.2) is 37.7 Å². The Morgan fingerprint density at radius 1 is 1.20 bits per heavy atom. The van der Waals surface area contributed by atoms with E-state index in [0.29, 0.717) is 0 Å². The van der Waals surface area contributed by atoms with Crippen molar-refractivity contribution in [2.75, 3.05) is 28.3 Å². The van der Waals surface area contributed by atoms with E-state index in [2.05, 4.69) is 33.9 Å². The van der Waals surface area contributed by atoms with Crippen LogP contribution >= 0.6 is 11.9 Å². The molecular formula is C11H20N2OS. The zero-order valence-corrected chi connectivity index (χ0v) is 10.6. The van der Waals surface area contributed by atoms with Gasteiger partial charge in [-0.15, -0.1) is 0 Å². The van der Waals surface area contributed by atoms with Gasteiger partial charge in [-0.2, -0.15) is 0 Å². The molecule has 3 nitrogen and oxygen atoms in total. The minimum Gasteiger partial charge on any atom is -0.400 e. The number of aliphatic hydroxyl groups excluding tert-OH is 1. The summed E-state index contributed by atoms with van der Waals surface area (Å²) in [6.07, 6.45) is 0. The highest BCUT2D eigenvalue weighted by molar-refractivity contribution is 7.97. The van der Waals surface area contributed by atoms with Crippen LogP contribution in [0.25, 0.3) is 0 Å². The molecule has 0 aliphatic carbocycles. The van der Waals surface area contributed by atoms with Gasteiger partial charge in [-0.1, -0.05) is 12.1 Å². The van der Waals surface area contributed by atoms with Crippen LogP contribution in [0.5, 0.6) is 0 Å². The summed E-state index contributed by atoms with van der Waals surface area (Å²) in [7, 11) is 7.06. The molecule has 0 aliphatic rings. The van der Waals surface area contributed by atoms with Crippen LogP contribution in [0.3, 0.4) is 0 Å². The van der Waals surface area contributed by atoms with E-state index in [1.54, 1.807) is 11.9 Å². The fourth-order valence-electron chi connectivity index (χ4n) is 1.08. The third kappa shape index (κ3) is 6.52. The number of nitrogens with one attached hydrogen (secondary N) is 1. The maximum absolute atomic E-state index is 7.00. The Morgan fingerprint density at radius 3 is 2.13 bits per heavy atom. The quantitative estimate of drug-likeness (QED) is 0.767. The topological polar surface area (TPSA) is 35.5 Å². The maximum Gasteiger partial charge on any atom is 0.0319 e. The molecule has 0 aromatic heterocycles. The van der Waals surface area contributed by atoms with Crippen molar-refractivity contribution >= 4 is 11.9 Å². The Balaban J connectivity index is 0.000000921. The largest absolute Gasteiger partial charge is 0.400 e. The molecular weight excluding hydrogens is 208 g/mol. The highest BCUT2D eigenvalue weighted by Gasteiger charge is 1.95. The van der Waals surface area contributed by atoms with Crippen LogP contribution < -0.4 is 5.32 Å². The Hall–Kier alpha value is -0.550. The van der Waals surface area contributed by atoms with E-state index >= 15 is 0 Å². The summed E-state index contributed by atoms with van der Waals surface area (Å²) >= 11 is 1.74. The first-order chi connectivity index (χ1) is 7.22. The predicted octanol–water partition coefficient (Wildman–Crippen LogP) is 1.58. The van der Waals surface area contributed by atoms with Crippen molar-refractivity contribution in [3.05, 3.63) is 29.8 Å². The summed E-state index contributed by atoms with van der Waals surface area (Å²) in [4.78, 5) is 1.28. The van der Waals surface area contributed by atoms with Crippen molar-refractivity contribution < 1.29 is 5.11 Å².